The zero-order valence-electron chi connectivity index (χ0n) is 17.4. The third kappa shape index (κ3) is 3.81. The van der Waals surface area contributed by atoms with Gasteiger partial charge in [-0.1, -0.05) is 69.3 Å². The van der Waals surface area contributed by atoms with Crippen LogP contribution in [0.1, 0.15) is 26.5 Å². The maximum atomic E-state index is 13.2. The fourth-order valence-electron chi connectivity index (χ4n) is 3.21. The number of nitrogens with one attached hydrogen (secondary N) is 2. The Balaban J connectivity index is 1.86. The summed E-state index contributed by atoms with van der Waals surface area (Å²) in [6, 6.07) is 18.7. The Hall–Kier alpha value is -4.25. The molecule has 0 saturated heterocycles. The maximum Gasteiger partial charge on any atom is 0.299 e. The molecule has 0 spiro atoms. The van der Waals surface area contributed by atoms with E-state index in [4.69, 9.17) is 6.57 Å². The predicted octanol–water partition coefficient (Wildman–Crippen LogP) is 5.82. The first-order valence-corrected chi connectivity index (χ1v) is 9.74. The van der Waals surface area contributed by atoms with Crippen molar-refractivity contribution in [2.24, 2.45) is 10.2 Å². The summed E-state index contributed by atoms with van der Waals surface area (Å²) in [7, 11) is 0. The van der Waals surface area contributed by atoms with E-state index in [1.54, 1.807) is 0 Å². The summed E-state index contributed by atoms with van der Waals surface area (Å²) in [5, 5.41) is 18.6. The van der Waals surface area contributed by atoms with Gasteiger partial charge >= 0.3 is 0 Å². The number of hydrogen-bond donors (Lipinski definition) is 2. The van der Waals surface area contributed by atoms with E-state index in [2.05, 4.69) is 30.4 Å². The molecule has 31 heavy (non-hydrogen) atoms. The minimum atomic E-state index is -0.343. The second-order valence-electron chi connectivity index (χ2n) is 8.01. The standard InChI is InChI=1S/C23H21N7O/c1-23(2,3)20-19(24-4)21(28-26-20)27-25-18-17(15-11-7-5-8-12-15)29-30(22(18)31)16-13-9-6-10-14-16/h5-14,29H,1-3H3,(H,26,28). The Bertz CT molecular complexity index is 1330. The second kappa shape index (κ2) is 7.88. The number of rotatable bonds is 4. The van der Waals surface area contributed by atoms with Crippen LogP contribution in [0.15, 0.2) is 75.7 Å². The van der Waals surface area contributed by atoms with Crippen molar-refractivity contribution in [1.82, 2.24) is 20.0 Å². The van der Waals surface area contributed by atoms with Crippen LogP contribution in [0.3, 0.4) is 0 Å². The normalized spacial score (nSPS) is 11.7. The smallest absolute Gasteiger partial charge is 0.291 e. The first kappa shape index (κ1) is 20.0. The van der Waals surface area contributed by atoms with Crippen molar-refractivity contribution in [3.05, 3.63) is 88.1 Å². The fourth-order valence-corrected chi connectivity index (χ4v) is 3.21. The van der Waals surface area contributed by atoms with Gasteiger partial charge in [0.2, 0.25) is 5.82 Å². The van der Waals surface area contributed by atoms with Crippen molar-refractivity contribution in [1.29, 1.82) is 0 Å². The van der Waals surface area contributed by atoms with Crippen LogP contribution >= 0.6 is 0 Å². The van der Waals surface area contributed by atoms with Crippen molar-refractivity contribution in [3.63, 3.8) is 0 Å². The highest BCUT2D eigenvalue weighted by molar-refractivity contribution is 5.72. The lowest BCUT2D eigenvalue weighted by molar-refractivity contribution is 0.569. The molecule has 0 atom stereocenters. The number of aromatic nitrogens is 4. The van der Waals surface area contributed by atoms with E-state index in [0.29, 0.717) is 22.8 Å². The average molecular weight is 411 g/mol. The number of para-hydroxylation sites is 1. The Labute approximate surface area is 179 Å². The van der Waals surface area contributed by atoms with Gasteiger partial charge in [-0.05, 0) is 17.5 Å². The molecule has 0 saturated carbocycles. The zero-order valence-corrected chi connectivity index (χ0v) is 17.4. The van der Waals surface area contributed by atoms with Gasteiger partial charge in [0, 0.05) is 11.3 Å². The van der Waals surface area contributed by atoms with Crippen LogP contribution in [-0.2, 0) is 5.41 Å². The average Bonchev–Trinajstić information content (AvgIpc) is 3.34. The number of H-pyrrole nitrogens is 2. The minimum Gasteiger partial charge on any atom is -0.291 e. The Morgan fingerprint density at radius 1 is 1.00 bits per heavy atom. The Morgan fingerprint density at radius 3 is 2.26 bits per heavy atom. The summed E-state index contributed by atoms with van der Waals surface area (Å²) < 4.78 is 1.43. The van der Waals surface area contributed by atoms with Gasteiger partial charge in [-0.2, -0.15) is 5.10 Å². The first-order chi connectivity index (χ1) is 14.9. The lowest BCUT2D eigenvalue weighted by Crippen LogP contribution is -2.13. The molecule has 8 nitrogen and oxygen atoms in total. The summed E-state index contributed by atoms with van der Waals surface area (Å²) >= 11 is 0. The molecule has 2 aromatic carbocycles. The quantitative estimate of drug-likeness (QED) is 0.327. The summed E-state index contributed by atoms with van der Waals surface area (Å²) in [6.45, 7) is 13.5. The largest absolute Gasteiger partial charge is 0.299 e. The number of azo groups is 1. The highest BCUT2D eigenvalue weighted by Crippen LogP contribution is 2.37. The van der Waals surface area contributed by atoms with Crippen LogP contribution in [0.25, 0.3) is 21.8 Å². The van der Waals surface area contributed by atoms with Gasteiger partial charge in [-0.25, -0.2) is 9.53 Å². The molecule has 0 fully saturated rings. The number of benzene rings is 2. The molecule has 0 aliphatic carbocycles. The van der Waals surface area contributed by atoms with Crippen molar-refractivity contribution >= 4 is 17.2 Å². The Kier molecular flexibility index (Phi) is 5.09. The van der Waals surface area contributed by atoms with E-state index < -0.39 is 0 Å². The van der Waals surface area contributed by atoms with E-state index in [9.17, 15) is 4.79 Å². The first-order valence-electron chi connectivity index (χ1n) is 9.74. The maximum absolute atomic E-state index is 13.2. The van der Waals surface area contributed by atoms with Gasteiger partial charge in [-0.15, -0.1) is 10.2 Å². The third-order valence-corrected chi connectivity index (χ3v) is 4.77. The van der Waals surface area contributed by atoms with E-state index in [1.807, 2.05) is 81.4 Å². The zero-order chi connectivity index (χ0) is 22.0. The van der Waals surface area contributed by atoms with Crippen molar-refractivity contribution in [2.45, 2.75) is 26.2 Å². The lowest BCUT2D eigenvalue weighted by atomic mass is 9.91. The summed E-state index contributed by atoms with van der Waals surface area (Å²) in [6.07, 6.45) is 0. The monoisotopic (exact) mass is 411 g/mol. The molecule has 0 bridgehead atoms. The van der Waals surface area contributed by atoms with Gasteiger partial charge in [0.1, 0.15) is 0 Å². The molecule has 8 heteroatoms. The van der Waals surface area contributed by atoms with Gasteiger partial charge in [0.05, 0.1) is 18.0 Å². The highest BCUT2D eigenvalue weighted by Gasteiger charge is 2.24. The van der Waals surface area contributed by atoms with Gasteiger partial charge in [-0.3, -0.25) is 15.0 Å². The summed E-state index contributed by atoms with van der Waals surface area (Å²) in [5.41, 5.74) is 2.50. The molecule has 2 N–H and O–H groups in total. The van der Waals surface area contributed by atoms with E-state index in [-0.39, 0.29) is 22.5 Å². The van der Waals surface area contributed by atoms with Crippen molar-refractivity contribution in [3.8, 4) is 16.9 Å². The van der Waals surface area contributed by atoms with Gasteiger partial charge in [0.25, 0.3) is 11.2 Å². The summed E-state index contributed by atoms with van der Waals surface area (Å²) in [4.78, 5) is 16.8. The summed E-state index contributed by atoms with van der Waals surface area (Å²) in [5.74, 6) is 0.158. The van der Waals surface area contributed by atoms with Crippen LogP contribution in [0.4, 0.5) is 17.2 Å². The third-order valence-electron chi connectivity index (χ3n) is 4.77. The van der Waals surface area contributed by atoms with Crippen LogP contribution in [-0.4, -0.2) is 20.0 Å². The molecular weight excluding hydrogens is 390 g/mol. The van der Waals surface area contributed by atoms with E-state index in [1.165, 1.54) is 4.68 Å². The fraction of sp³-hybridized carbons (Fsp3) is 0.174. The van der Waals surface area contributed by atoms with Gasteiger partial charge < -0.3 is 0 Å². The van der Waals surface area contributed by atoms with Crippen LogP contribution in [0.2, 0.25) is 0 Å². The molecule has 0 unspecified atom stereocenters. The number of hydrogen-bond acceptors (Lipinski definition) is 4. The highest BCUT2D eigenvalue weighted by atomic mass is 16.1. The molecule has 4 rings (SSSR count). The SMILES string of the molecule is [C-]#[N+]c1c(N=Nc2c(-c3ccccc3)[nH]n(-c3ccccc3)c2=O)n[nH]c1C(C)(C)C. The Morgan fingerprint density at radius 2 is 1.65 bits per heavy atom. The van der Waals surface area contributed by atoms with E-state index >= 15 is 0 Å². The molecule has 0 amide bonds. The molecule has 0 radical (unpaired) electrons. The van der Waals surface area contributed by atoms with Gasteiger partial charge in [0.15, 0.2) is 5.69 Å². The minimum absolute atomic E-state index is 0.145. The molecule has 0 aliphatic heterocycles. The molecule has 2 heterocycles. The molecular formula is C23H21N7O. The lowest BCUT2D eigenvalue weighted by Gasteiger charge is -2.16. The molecule has 4 aromatic rings. The van der Waals surface area contributed by atoms with E-state index in [0.717, 1.165) is 5.56 Å². The van der Waals surface area contributed by atoms with Crippen molar-refractivity contribution in [2.75, 3.05) is 0 Å². The molecule has 2 aromatic heterocycles. The van der Waals surface area contributed by atoms with Crippen molar-refractivity contribution < 1.29 is 0 Å². The topological polar surface area (TPSA) is 95.6 Å². The van der Waals surface area contributed by atoms with Crippen LogP contribution in [0.5, 0.6) is 0 Å². The molecule has 0 aliphatic rings. The second-order valence-corrected chi connectivity index (χ2v) is 8.01. The van der Waals surface area contributed by atoms with Crippen LogP contribution < -0.4 is 5.56 Å². The number of nitrogens with zero attached hydrogens (tertiary/aromatic N) is 5. The van der Waals surface area contributed by atoms with Crippen LogP contribution in [0, 0.1) is 6.57 Å². The number of aromatic amines is 2. The predicted molar refractivity (Wildman–Crippen MR) is 120 cm³/mol. The molecule has 154 valence electrons.